The zero-order valence-electron chi connectivity index (χ0n) is 11.8. The van der Waals surface area contributed by atoms with E-state index in [9.17, 15) is 13.6 Å². The van der Waals surface area contributed by atoms with Crippen molar-refractivity contribution < 1.29 is 13.6 Å². The molecule has 1 aromatic carbocycles. The second-order valence-corrected chi connectivity index (χ2v) is 6.13. The molecular formula is C15H20F2N2O. The van der Waals surface area contributed by atoms with Crippen molar-refractivity contribution in [3.8, 4) is 0 Å². The first-order valence-electron chi connectivity index (χ1n) is 6.86. The average molecular weight is 282 g/mol. The quantitative estimate of drug-likeness (QED) is 0.813. The molecule has 0 radical (unpaired) electrons. The van der Waals surface area contributed by atoms with Crippen molar-refractivity contribution in [3.63, 3.8) is 0 Å². The molecule has 0 heterocycles. The second-order valence-electron chi connectivity index (χ2n) is 6.13. The van der Waals surface area contributed by atoms with Crippen LogP contribution in [0.3, 0.4) is 0 Å². The van der Waals surface area contributed by atoms with E-state index in [0.29, 0.717) is 6.07 Å². The summed E-state index contributed by atoms with van der Waals surface area (Å²) in [6, 6.07) is 1.81. The van der Waals surface area contributed by atoms with Gasteiger partial charge in [-0.1, -0.05) is 26.7 Å². The average Bonchev–Trinajstić information content (AvgIpc) is 2.35. The van der Waals surface area contributed by atoms with Crippen LogP contribution in [-0.4, -0.2) is 5.91 Å². The molecular weight excluding hydrogens is 262 g/mol. The van der Waals surface area contributed by atoms with E-state index in [1.54, 1.807) is 0 Å². The number of anilines is 2. The van der Waals surface area contributed by atoms with Gasteiger partial charge in [0.05, 0.1) is 11.4 Å². The van der Waals surface area contributed by atoms with Crippen LogP contribution in [0.2, 0.25) is 0 Å². The van der Waals surface area contributed by atoms with Crippen molar-refractivity contribution in [1.29, 1.82) is 0 Å². The van der Waals surface area contributed by atoms with Crippen molar-refractivity contribution in [3.05, 3.63) is 23.8 Å². The van der Waals surface area contributed by atoms with E-state index < -0.39 is 11.6 Å². The minimum absolute atomic E-state index is 0.0599. The first-order valence-corrected chi connectivity index (χ1v) is 6.86. The van der Waals surface area contributed by atoms with Gasteiger partial charge in [0.25, 0.3) is 0 Å². The SMILES string of the molecule is CC1(C)CCCCC1C(=O)Nc1cc(N)c(F)cc1F. The Kier molecular flexibility index (Phi) is 3.97. The number of halogens is 2. The van der Waals surface area contributed by atoms with Crippen LogP contribution in [0.4, 0.5) is 20.2 Å². The Labute approximate surface area is 117 Å². The van der Waals surface area contributed by atoms with Crippen molar-refractivity contribution in [1.82, 2.24) is 0 Å². The number of amides is 1. The summed E-state index contributed by atoms with van der Waals surface area (Å²) in [5.41, 5.74) is 5.06. The summed E-state index contributed by atoms with van der Waals surface area (Å²) in [5.74, 6) is -2.02. The molecule has 0 bridgehead atoms. The van der Waals surface area contributed by atoms with Gasteiger partial charge in [-0.25, -0.2) is 8.78 Å². The molecule has 5 heteroatoms. The molecule has 1 unspecified atom stereocenters. The highest BCUT2D eigenvalue weighted by Gasteiger charge is 2.37. The Hall–Kier alpha value is -1.65. The van der Waals surface area contributed by atoms with Crippen LogP contribution in [0.15, 0.2) is 12.1 Å². The van der Waals surface area contributed by atoms with Crippen LogP contribution < -0.4 is 11.1 Å². The van der Waals surface area contributed by atoms with E-state index in [-0.39, 0.29) is 28.6 Å². The van der Waals surface area contributed by atoms with Crippen LogP contribution in [-0.2, 0) is 4.79 Å². The molecule has 1 aromatic rings. The molecule has 0 aliphatic heterocycles. The molecule has 1 aliphatic carbocycles. The van der Waals surface area contributed by atoms with Gasteiger partial charge in [0.15, 0.2) is 0 Å². The van der Waals surface area contributed by atoms with Gasteiger partial charge in [-0.05, 0) is 24.3 Å². The number of rotatable bonds is 2. The third-order valence-corrected chi connectivity index (χ3v) is 4.17. The predicted molar refractivity (Wildman–Crippen MR) is 75.1 cm³/mol. The van der Waals surface area contributed by atoms with Gasteiger partial charge in [0, 0.05) is 12.0 Å². The minimum Gasteiger partial charge on any atom is -0.396 e. The summed E-state index contributed by atoms with van der Waals surface area (Å²) in [6.07, 6.45) is 3.86. The molecule has 0 spiro atoms. The zero-order chi connectivity index (χ0) is 14.9. The van der Waals surface area contributed by atoms with Gasteiger partial charge in [-0.3, -0.25) is 4.79 Å². The number of carbonyl (C=O) groups is 1. The summed E-state index contributed by atoms with van der Waals surface area (Å²) in [7, 11) is 0. The topological polar surface area (TPSA) is 55.1 Å². The van der Waals surface area contributed by atoms with Gasteiger partial charge in [0.2, 0.25) is 5.91 Å². The third kappa shape index (κ3) is 2.92. The van der Waals surface area contributed by atoms with Crippen LogP contribution in [0.5, 0.6) is 0 Å². The number of hydrogen-bond acceptors (Lipinski definition) is 2. The molecule has 1 aliphatic rings. The van der Waals surface area contributed by atoms with Crippen LogP contribution in [0.1, 0.15) is 39.5 Å². The van der Waals surface area contributed by atoms with E-state index in [0.717, 1.165) is 31.7 Å². The van der Waals surface area contributed by atoms with Gasteiger partial charge in [-0.15, -0.1) is 0 Å². The minimum atomic E-state index is -0.821. The summed E-state index contributed by atoms with van der Waals surface area (Å²) in [4.78, 5) is 12.3. The fourth-order valence-corrected chi connectivity index (χ4v) is 2.86. The van der Waals surface area contributed by atoms with Crippen molar-refractivity contribution >= 4 is 17.3 Å². The Balaban J connectivity index is 2.17. The van der Waals surface area contributed by atoms with Crippen LogP contribution >= 0.6 is 0 Å². The van der Waals surface area contributed by atoms with Crippen molar-refractivity contribution in [2.45, 2.75) is 39.5 Å². The number of carbonyl (C=O) groups excluding carboxylic acids is 1. The molecule has 1 atom stereocenters. The standard InChI is InChI=1S/C15H20F2N2O/c1-15(2)6-4-3-5-9(15)14(20)19-13-8-12(18)10(16)7-11(13)17/h7-9H,3-6,18H2,1-2H3,(H,19,20). The molecule has 1 amide bonds. The largest absolute Gasteiger partial charge is 0.396 e. The highest BCUT2D eigenvalue weighted by Crippen LogP contribution is 2.41. The van der Waals surface area contributed by atoms with E-state index in [4.69, 9.17) is 5.73 Å². The molecule has 0 aromatic heterocycles. The highest BCUT2D eigenvalue weighted by atomic mass is 19.1. The van der Waals surface area contributed by atoms with Crippen molar-refractivity contribution in [2.24, 2.45) is 11.3 Å². The third-order valence-electron chi connectivity index (χ3n) is 4.17. The molecule has 3 N–H and O–H groups in total. The summed E-state index contributed by atoms with van der Waals surface area (Å²) < 4.78 is 26.7. The van der Waals surface area contributed by atoms with E-state index in [2.05, 4.69) is 5.32 Å². The smallest absolute Gasteiger partial charge is 0.228 e. The number of nitrogens with one attached hydrogen (secondary N) is 1. The van der Waals surface area contributed by atoms with Gasteiger partial charge < -0.3 is 11.1 Å². The fourth-order valence-electron chi connectivity index (χ4n) is 2.86. The van der Waals surface area contributed by atoms with Gasteiger partial charge >= 0.3 is 0 Å². The zero-order valence-corrected chi connectivity index (χ0v) is 11.8. The lowest BCUT2D eigenvalue weighted by Crippen LogP contribution is -2.37. The Morgan fingerprint density at radius 1 is 1.30 bits per heavy atom. The Morgan fingerprint density at radius 3 is 2.65 bits per heavy atom. The monoisotopic (exact) mass is 282 g/mol. The first-order chi connectivity index (χ1) is 9.31. The maximum Gasteiger partial charge on any atom is 0.228 e. The number of benzene rings is 1. The highest BCUT2D eigenvalue weighted by molar-refractivity contribution is 5.93. The van der Waals surface area contributed by atoms with Gasteiger partial charge in [-0.2, -0.15) is 0 Å². The number of nitrogen functional groups attached to an aromatic ring is 1. The molecule has 3 nitrogen and oxygen atoms in total. The van der Waals surface area contributed by atoms with E-state index in [1.807, 2.05) is 13.8 Å². The maximum absolute atomic E-state index is 13.6. The molecule has 2 rings (SSSR count). The second kappa shape index (κ2) is 5.38. The van der Waals surface area contributed by atoms with Crippen molar-refractivity contribution in [2.75, 3.05) is 11.1 Å². The maximum atomic E-state index is 13.6. The fraction of sp³-hybridized carbons (Fsp3) is 0.533. The molecule has 1 fully saturated rings. The predicted octanol–water partition coefficient (Wildman–Crippen LogP) is 3.70. The Bertz CT molecular complexity index is 529. The number of hydrogen-bond donors (Lipinski definition) is 2. The van der Waals surface area contributed by atoms with E-state index >= 15 is 0 Å². The lowest BCUT2D eigenvalue weighted by atomic mass is 9.68. The molecule has 0 saturated heterocycles. The summed E-state index contributed by atoms with van der Waals surface area (Å²) in [5, 5.41) is 2.54. The summed E-state index contributed by atoms with van der Waals surface area (Å²) in [6.45, 7) is 4.09. The normalized spacial score (nSPS) is 21.5. The Morgan fingerprint density at radius 2 is 2.00 bits per heavy atom. The molecule has 1 saturated carbocycles. The summed E-state index contributed by atoms with van der Waals surface area (Å²) >= 11 is 0. The lowest BCUT2D eigenvalue weighted by Gasteiger charge is -2.37. The van der Waals surface area contributed by atoms with Gasteiger partial charge in [0.1, 0.15) is 11.6 Å². The number of nitrogens with two attached hydrogens (primary N) is 1. The lowest BCUT2D eigenvalue weighted by molar-refractivity contribution is -0.124. The van der Waals surface area contributed by atoms with Crippen LogP contribution in [0.25, 0.3) is 0 Å². The first kappa shape index (κ1) is 14.8. The molecule has 110 valence electrons. The van der Waals surface area contributed by atoms with Crippen LogP contribution in [0, 0.1) is 23.0 Å². The molecule has 20 heavy (non-hydrogen) atoms. The van der Waals surface area contributed by atoms with E-state index in [1.165, 1.54) is 0 Å².